The van der Waals surface area contributed by atoms with Gasteiger partial charge in [-0.3, -0.25) is 4.79 Å². The third-order valence-electron chi connectivity index (χ3n) is 9.98. The fourth-order valence-electron chi connectivity index (χ4n) is 8.83. The molecule has 5 aliphatic carbocycles. The average molecular weight is 403 g/mol. The van der Waals surface area contributed by atoms with Gasteiger partial charge in [-0.25, -0.2) is 0 Å². The van der Waals surface area contributed by atoms with Crippen LogP contribution in [0.5, 0.6) is 0 Å². The van der Waals surface area contributed by atoms with Crippen LogP contribution in [0.25, 0.3) is 0 Å². The molecule has 1 N–H and O–H groups in total. The zero-order chi connectivity index (χ0) is 20.2. The molecule has 0 aromatic heterocycles. The Bertz CT molecular complexity index is 769. The molecule has 3 unspecified atom stereocenters. The monoisotopic (exact) mass is 402 g/mol. The maximum atomic E-state index is 11.5. The van der Waals surface area contributed by atoms with Crippen molar-refractivity contribution in [3.8, 4) is 0 Å². The summed E-state index contributed by atoms with van der Waals surface area (Å²) in [7, 11) is 0. The molecule has 29 heavy (non-hydrogen) atoms. The Kier molecular flexibility index (Phi) is 3.81. The van der Waals surface area contributed by atoms with E-state index in [4.69, 9.17) is 14.2 Å². The van der Waals surface area contributed by atoms with Crippen molar-refractivity contribution < 1.29 is 24.1 Å². The zero-order valence-electron chi connectivity index (χ0n) is 17.9. The Labute approximate surface area is 173 Å². The smallest absolute Gasteiger partial charge is 0.302 e. The summed E-state index contributed by atoms with van der Waals surface area (Å²) in [6.45, 7) is 7.71. The molecule has 0 amide bonds. The first kappa shape index (κ1) is 18.8. The highest BCUT2D eigenvalue weighted by atomic mass is 16.7. The quantitative estimate of drug-likeness (QED) is 0.538. The van der Waals surface area contributed by atoms with Crippen LogP contribution in [0, 0.1) is 40.4 Å². The van der Waals surface area contributed by atoms with Crippen molar-refractivity contribution in [2.45, 2.75) is 77.3 Å². The lowest BCUT2D eigenvalue weighted by molar-refractivity contribution is -0.263. The van der Waals surface area contributed by atoms with Crippen LogP contribution >= 0.6 is 0 Å². The highest BCUT2D eigenvalue weighted by molar-refractivity contribution is 5.66. The van der Waals surface area contributed by atoms with Crippen LogP contribution in [0.3, 0.4) is 0 Å². The second-order valence-electron chi connectivity index (χ2n) is 11.1. The van der Waals surface area contributed by atoms with Crippen LogP contribution in [-0.4, -0.2) is 42.3 Å². The number of aliphatic hydroxyl groups is 1. The summed E-state index contributed by atoms with van der Waals surface area (Å²) >= 11 is 0. The molecule has 0 aromatic rings. The van der Waals surface area contributed by atoms with E-state index in [0.717, 1.165) is 32.1 Å². The molecule has 1 heterocycles. The number of hydrogen-bond donors (Lipinski definition) is 1. The van der Waals surface area contributed by atoms with Gasteiger partial charge in [0, 0.05) is 24.7 Å². The predicted molar refractivity (Wildman–Crippen MR) is 106 cm³/mol. The molecule has 1 spiro atoms. The van der Waals surface area contributed by atoms with Crippen molar-refractivity contribution in [1.29, 1.82) is 0 Å². The number of fused-ring (bicyclic) bond motifs is 9. The van der Waals surface area contributed by atoms with Gasteiger partial charge in [0.2, 0.25) is 0 Å². The molecule has 0 aromatic carbocycles. The average Bonchev–Trinajstić information content (AvgIpc) is 3.23. The van der Waals surface area contributed by atoms with Crippen LogP contribution < -0.4 is 0 Å². The Morgan fingerprint density at radius 1 is 1.17 bits per heavy atom. The lowest BCUT2D eigenvalue weighted by Gasteiger charge is -2.60. The molecule has 6 rings (SSSR count). The molecule has 9 atom stereocenters. The van der Waals surface area contributed by atoms with Gasteiger partial charge in [0.05, 0.1) is 19.3 Å². The zero-order valence-corrected chi connectivity index (χ0v) is 17.9. The number of esters is 1. The normalized spacial score (nSPS) is 54.1. The van der Waals surface area contributed by atoms with Gasteiger partial charge in [0.25, 0.3) is 0 Å². The van der Waals surface area contributed by atoms with Gasteiger partial charge in [-0.1, -0.05) is 25.5 Å². The molecule has 5 heteroatoms. The lowest BCUT2D eigenvalue weighted by atomic mass is 9.46. The van der Waals surface area contributed by atoms with E-state index in [1.165, 1.54) is 18.9 Å². The summed E-state index contributed by atoms with van der Waals surface area (Å²) < 4.78 is 18.3. The first-order valence-corrected chi connectivity index (χ1v) is 11.6. The summed E-state index contributed by atoms with van der Waals surface area (Å²) in [6, 6.07) is 0. The molecule has 0 radical (unpaired) electrons. The Morgan fingerprint density at radius 2 is 1.93 bits per heavy atom. The van der Waals surface area contributed by atoms with Gasteiger partial charge < -0.3 is 19.3 Å². The van der Waals surface area contributed by atoms with Gasteiger partial charge in [0.15, 0.2) is 5.79 Å². The van der Waals surface area contributed by atoms with Crippen molar-refractivity contribution in [3.05, 3.63) is 11.6 Å². The molecule has 6 aliphatic rings. The van der Waals surface area contributed by atoms with Crippen molar-refractivity contribution in [1.82, 2.24) is 0 Å². The minimum atomic E-state index is -0.415. The molecule has 5 nitrogen and oxygen atoms in total. The minimum absolute atomic E-state index is 0.00980. The number of carbonyl (C=O) groups is 1. The molecule has 4 saturated carbocycles. The standard InChI is InChI=1S/C24H34O5/c1-13(25)29-15-4-6-22(2)14(10-15)11-19(26)20-17(22)5-7-23(3)21(20)16-12-18(16)24(23)27-8-9-28-24/h11,15-21,26H,4-10,12H2,1-3H3/t15-,16+,17?,18-,19-,20?,21?,22-,23-/m0/s1. The molecule has 0 bridgehead atoms. The van der Waals surface area contributed by atoms with E-state index < -0.39 is 11.9 Å². The first-order valence-electron chi connectivity index (χ1n) is 11.6. The fraction of sp³-hybridized carbons (Fsp3) is 0.875. The van der Waals surface area contributed by atoms with Crippen LogP contribution in [-0.2, 0) is 19.0 Å². The number of aliphatic hydroxyl groups excluding tert-OH is 1. The van der Waals surface area contributed by atoms with Crippen LogP contribution in [0.1, 0.15) is 59.3 Å². The van der Waals surface area contributed by atoms with Crippen LogP contribution in [0.2, 0.25) is 0 Å². The maximum absolute atomic E-state index is 11.5. The molecular weight excluding hydrogens is 368 g/mol. The molecule has 5 fully saturated rings. The topological polar surface area (TPSA) is 65.0 Å². The predicted octanol–water partition coefficient (Wildman–Crippen LogP) is 3.45. The summed E-state index contributed by atoms with van der Waals surface area (Å²) in [4.78, 5) is 11.5. The number of hydrogen-bond acceptors (Lipinski definition) is 5. The Morgan fingerprint density at radius 3 is 2.66 bits per heavy atom. The third kappa shape index (κ3) is 2.25. The molecule has 1 saturated heterocycles. The largest absolute Gasteiger partial charge is 0.462 e. The number of carbonyl (C=O) groups excluding carboxylic acids is 1. The van der Waals surface area contributed by atoms with E-state index in [1.54, 1.807) is 0 Å². The molecule has 160 valence electrons. The fourth-order valence-corrected chi connectivity index (χ4v) is 8.83. The van der Waals surface area contributed by atoms with Crippen LogP contribution in [0.15, 0.2) is 11.6 Å². The van der Waals surface area contributed by atoms with E-state index in [-0.39, 0.29) is 28.8 Å². The van der Waals surface area contributed by atoms with Crippen molar-refractivity contribution in [3.63, 3.8) is 0 Å². The highest BCUT2D eigenvalue weighted by Crippen LogP contribution is 2.78. The van der Waals surface area contributed by atoms with Gasteiger partial charge >= 0.3 is 5.97 Å². The van der Waals surface area contributed by atoms with Crippen molar-refractivity contribution in [2.75, 3.05) is 13.2 Å². The summed E-state index contributed by atoms with van der Waals surface area (Å²) in [5.41, 5.74) is 1.44. The van der Waals surface area contributed by atoms with Gasteiger partial charge in [-0.2, -0.15) is 0 Å². The first-order chi connectivity index (χ1) is 13.8. The van der Waals surface area contributed by atoms with Gasteiger partial charge in [0.1, 0.15) is 6.10 Å². The third-order valence-corrected chi connectivity index (χ3v) is 9.98. The van der Waals surface area contributed by atoms with E-state index in [2.05, 4.69) is 19.9 Å². The number of ether oxygens (including phenoxy) is 3. The second kappa shape index (κ2) is 5.86. The maximum Gasteiger partial charge on any atom is 0.302 e. The van der Waals surface area contributed by atoms with Gasteiger partial charge in [-0.15, -0.1) is 0 Å². The number of rotatable bonds is 1. The Hall–Kier alpha value is -0.910. The van der Waals surface area contributed by atoms with Crippen LogP contribution in [0.4, 0.5) is 0 Å². The van der Waals surface area contributed by atoms with E-state index in [9.17, 15) is 9.90 Å². The summed E-state index contributed by atoms with van der Waals surface area (Å²) in [5.74, 6) is 1.81. The van der Waals surface area contributed by atoms with Gasteiger partial charge in [-0.05, 0) is 61.2 Å². The summed E-state index contributed by atoms with van der Waals surface area (Å²) in [6.07, 6.45) is 7.87. The van der Waals surface area contributed by atoms with E-state index >= 15 is 0 Å². The van der Waals surface area contributed by atoms with E-state index in [1.807, 2.05) is 0 Å². The van der Waals surface area contributed by atoms with Crippen molar-refractivity contribution >= 4 is 5.97 Å². The lowest BCUT2D eigenvalue weighted by Crippen LogP contribution is -2.59. The van der Waals surface area contributed by atoms with Crippen molar-refractivity contribution in [2.24, 2.45) is 40.4 Å². The summed E-state index contributed by atoms with van der Waals surface area (Å²) in [5, 5.41) is 11.4. The molecule has 1 aliphatic heterocycles. The highest BCUT2D eigenvalue weighted by Gasteiger charge is 2.79. The Balaban J connectivity index is 1.35. The SMILES string of the molecule is CC(=O)O[C@H]1CC[C@@]2(C)C(=C[C@H](O)C3C2CC[C@@]2(C)C3[C@@H]3C[C@@H]3C23OCCO3)C1. The minimum Gasteiger partial charge on any atom is -0.462 e. The van der Waals surface area contributed by atoms with E-state index in [0.29, 0.717) is 36.9 Å². The molecular formula is C24H34O5. The second-order valence-corrected chi connectivity index (χ2v) is 11.1.